The number of nitrogens with zero attached hydrogens (tertiary/aromatic N) is 3. The zero-order valence-corrected chi connectivity index (χ0v) is 10.4. The van der Waals surface area contributed by atoms with Crippen LogP contribution in [-0.2, 0) is 6.61 Å². The van der Waals surface area contributed by atoms with Gasteiger partial charge in [-0.15, -0.1) is 10.2 Å². The third kappa shape index (κ3) is 2.31. The van der Waals surface area contributed by atoms with Gasteiger partial charge in [0.05, 0.1) is 0 Å². The van der Waals surface area contributed by atoms with Crippen LogP contribution < -0.4 is 4.74 Å². The molecule has 6 heteroatoms. The van der Waals surface area contributed by atoms with Gasteiger partial charge in [0.2, 0.25) is 5.89 Å². The Morgan fingerprint density at radius 3 is 3.00 bits per heavy atom. The topological polar surface area (TPSA) is 61.0 Å². The van der Waals surface area contributed by atoms with Crippen LogP contribution in [0.2, 0.25) is 5.15 Å². The summed E-state index contributed by atoms with van der Waals surface area (Å²) in [4.78, 5) is 3.92. The molecule has 1 fully saturated rings. The molecular formula is C12H12ClN3O2. The van der Waals surface area contributed by atoms with Gasteiger partial charge in [-0.05, 0) is 25.0 Å². The Bertz CT molecular complexity index is 540. The molecule has 2 aromatic rings. The summed E-state index contributed by atoms with van der Waals surface area (Å²) in [5.74, 6) is 2.14. The molecule has 18 heavy (non-hydrogen) atoms. The molecule has 0 radical (unpaired) electrons. The largest absolute Gasteiger partial charge is 0.481 e. The first-order chi connectivity index (χ1) is 8.83. The average molecular weight is 266 g/mol. The Labute approximate surface area is 109 Å². The zero-order chi connectivity index (χ0) is 12.4. The van der Waals surface area contributed by atoms with E-state index in [9.17, 15) is 0 Å². The summed E-state index contributed by atoms with van der Waals surface area (Å²) in [6.45, 7) is 0.213. The lowest BCUT2D eigenvalue weighted by molar-refractivity contribution is 0.247. The third-order valence-corrected chi connectivity index (χ3v) is 3.30. The van der Waals surface area contributed by atoms with Gasteiger partial charge in [0, 0.05) is 12.1 Å². The normalized spacial score (nSPS) is 15.4. The first-order valence-electron chi connectivity index (χ1n) is 5.88. The van der Waals surface area contributed by atoms with Crippen molar-refractivity contribution in [3.05, 3.63) is 35.3 Å². The maximum atomic E-state index is 5.87. The molecule has 0 unspecified atom stereocenters. The van der Waals surface area contributed by atoms with Gasteiger partial charge >= 0.3 is 0 Å². The van der Waals surface area contributed by atoms with E-state index in [1.807, 2.05) is 0 Å². The van der Waals surface area contributed by atoms with Crippen molar-refractivity contribution in [1.29, 1.82) is 0 Å². The first kappa shape index (κ1) is 11.5. The van der Waals surface area contributed by atoms with Gasteiger partial charge in [-0.25, -0.2) is 4.98 Å². The summed E-state index contributed by atoms with van der Waals surface area (Å²) < 4.78 is 11.0. The lowest BCUT2D eigenvalue weighted by atomic mass is 9.85. The Morgan fingerprint density at radius 2 is 2.28 bits per heavy atom. The van der Waals surface area contributed by atoms with E-state index in [1.54, 1.807) is 18.3 Å². The quantitative estimate of drug-likeness (QED) is 0.796. The van der Waals surface area contributed by atoms with Crippen LogP contribution in [0, 0.1) is 0 Å². The molecule has 94 valence electrons. The van der Waals surface area contributed by atoms with Gasteiger partial charge in [0.25, 0.3) is 5.89 Å². The summed E-state index contributed by atoms with van der Waals surface area (Å²) in [5, 5.41) is 8.32. The summed E-state index contributed by atoms with van der Waals surface area (Å²) in [5.41, 5.74) is 0. The van der Waals surface area contributed by atoms with Crippen LogP contribution in [0.5, 0.6) is 5.75 Å². The Balaban J connectivity index is 1.63. The van der Waals surface area contributed by atoms with E-state index < -0.39 is 0 Å². The van der Waals surface area contributed by atoms with Gasteiger partial charge < -0.3 is 9.15 Å². The SMILES string of the molecule is Clc1ncccc1OCc1nnc(C2CCC2)o1. The predicted molar refractivity (Wildman–Crippen MR) is 64.5 cm³/mol. The molecule has 0 spiro atoms. The third-order valence-electron chi connectivity index (χ3n) is 3.01. The van der Waals surface area contributed by atoms with E-state index in [1.165, 1.54) is 6.42 Å². The van der Waals surface area contributed by atoms with Crippen LogP contribution in [0.3, 0.4) is 0 Å². The van der Waals surface area contributed by atoms with Gasteiger partial charge in [0.15, 0.2) is 17.5 Å². The van der Waals surface area contributed by atoms with Crippen molar-refractivity contribution in [3.8, 4) is 5.75 Å². The number of rotatable bonds is 4. The minimum atomic E-state index is 0.213. The summed E-state index contributed by atoms with van der Waals surface area (Å²) >= 11 is 5.87. The molecule has 1 aliphatic rings. The van der Waals surface area contributed by atoms with Crippen molar-refractivity contribution >= 4 is 11.6 Å². The number of pyridine rings is 1. The highest BCUT2D eigenvalue weighted by atomic mass is 35.5. The smallest absolute Gasteiger partial charge is 0.253 e. The van der Waals surface area contributed by atoms with E-state index in [4.69, 9.17) is 20.8 Å². The van der Waals surface area contributed by atoms with Gasteiger partial charge in [-0.2, -0.15) is 0 Å². The molecule has 5 nitrogen and oxygen atoms in total. The van der Waals surface area contributed by atoms with Crippen LogP contribution in [0.15, 0.2) is 22.7 Å². The molecule has 3 rings (SSSR count). The fraction of sp³-hybridized carbons (Fsp3) is 0.417. The molecule has 0 aliphatic heterocycles. The fourth-order valence-corrected chi connectivity index (χ4v) is 1.94. The first-order valence-corrected chi connectivity index (χ1v) is 6.26. The predicted octanol–water partition coefficient (Wildman–Crippen LogP) is 2.96. The molecule has 0 atom stereocenters. The van der Waals surface area contributed by atoms with Crippen LogP contribution >= 0.6 is 11.6 Å². The maximum absolute atomic E-state index is 5.87. The molecule has 2 heterocycles. The van der Waals surface area contributed by atoms with Crippen molar-refractivity contribution in [3.63, 3.8) is 0 Å². The van der Waals surface area contributed by atoms with Crippen LogP contribution in [0.4, 0.5) is 0 Å². The van der Waals surface area contributed by atoms with Gasteiger partial charge in [-0.3, -0.25) is 0 Å². The van der Waals surface area contributed by atoms with Gasteiger partial charge in [0.1, 0.15) is 0 Å². The minimum Gasteiger partial charge on any atom is -0.481 e. The monoisotopic (exact) mass is 265 g/mol. The highest BCUT2D eigenvalue weighted by Gasteiger charge is 2.25. The van der Waals surface area contributed by atoms with Crippen LogP contribution in [0.1, 0.15) is 37.0 Å². The summed E-state index contributed by atoms with van der Waals surface area (Å²) in [6.07, 6.45) is 5.12. The van der Waals surface area contributed by atoms with Crippen LogP contribution in [0.25, 0.3) is 0 Å². The molecule has 2 aromatic heterocycles. The molecule has 1 aliphatic carbocycles. The number of hydrogen-bond acceptors (Lipinski definition) is 5. The zero-order valence-electron chi connectivity index (χ0n) is 9.67. The van der Waals surface area contributed by atoms with E-state index in [-0.39, 0.29) is 6.61 Å². The second-order valence-electron chi connectivity index (χ2n) is 4.24. The van der Waals surface area contributed by atoms with Crippen molar-refractivity contribution in [2.45, 2.75) is 31.8 Å². The fourth-order valence-electron chi connectivity index (χ4n) is 1.76. The van der Waals surface area contributed by atoms with E-state index >= 15 is 0 Å². The van der Waals surface area contributed by atoms with Crippen LogP contribution in [-0.4, -0.2) is 15.2 Å². The average Bonchev–Trinajstić information content (AvgIpc) is 2.74. The summed E-state index contributed by atoms with van der Waals surface area (Å²) in [7, 11) is 0. The molecule has 1 saturated carbocycles. The molecule has 0 aromatic carbocycles. The standard InChI is InChI=1S/C12H12ClN3O2/c13-11-9(5-2-6-14-11)17-7-10-15-16-12(18-10)8-3-1-4-8/h2,5-6,8H,1,3-4,7H2. The highest BCUT2D eigenvalue weighted by molar-refractivity contribution is 6.30. The summed E-state index contributed by atoms with van der Waals surface area (Å²) in [6, 6.07) is 3.51. The van der Waals surface area contributed by atoms with Crippen molar-refractivity contribution < 1.29 is 9.15 Å². The van der Waals surface area contributed by atoms with Gasteiger partial charge in [-0.1, -0.05) is 18.0 Å². The van der Waals surface area contributed by atoms with E-state index in [2.05, 4.69) is 15.2 Å². The molecule has 0 N–H and O–H groups in total. The minimum absolute atomic E-state index is 0.213. The molecule has 0 saturated heterocycles. The second kappa shape index (κ2) is 4.94. The Morgan fingerprint density at radius 1 is 1.39 bits per heavy atom. The Hall–Kier alpha value is -1.62. The van der Waals surface area contributed by atoms with Crippen molar-refractivity contribution in [1.82, 2.24) is 15.2 Å². The lowest BCUT2D eigenvalue weighted by Gasteiger charge is -2.20. The Kier molecular flexibility index (Phi) is 3.15. The molecule has 0 amide bonds. The van der Waals surface area contributed by atoms with Crippen molar-refractivity contribution in [2.24, 2.45) is 0 Å². The number of aromatic nitrogens is 3. The van der Waals surface area contributed by atoms with Crippen molar-refractivity contribution in [2.75, 3.05) is 0 Å². The number of halogens is 1. The highest BCUT2D eigenvalue weighted by Crippen LogP contribution is 2.35. The molecule has 0 bridgehead atoms. The van der Waals surface area contributed by atoms with E-state index in [0.29, 0.717) is 22.7 Å². The van der Waals surface area contributed by atoms with E-state index in [0.717, 1.165) is 18.7 Å². The number of ether oxygens (including phenoxy) is 1. The molecular weight excluding hydrogens is 254 g/mol. The second-order valence-corrected chi connectivity index (χ2v) is 4.60. The maximum Gasteiger partial charge on any atom is 0.253 e. The number of hydrogen-bond donors (Lipinski definition) is 0. The lowest BCUT2D eigenvalue weighted by Crippen LogP contribution is -2.08.